The van der Waals surface area contributed by atoms with E-state index in [0.29, 0.717) is 0 Å². The van der Waals surface area contributed by atoms with Crippen LogP contribution in [-0.4, -0.2) is 0 Å². The lowest BCUT2D eigenvalue weighted by atomic mass is 10.6. The predicted octanol–water partition coefficient (Wildman–Crippen LogP) is 5.23. The molecular weight excluding hydrogens is 316 g/mol. The lowest BCUT2D eigenvalue weighted by molar-refractivity contribution is 1.56. The van der Waals surface area contributed by atoms with Gasteiger partial charge in [0, 0.05) is 0 Å². The van der Waals surface area contributed by atoms with E-state index in [9.17, 15) is 4.79 Å². The molecule has 2 aliphatic rings. The maximum atomic E-state index is 11.2. The summed E-state index contributed by atoms with van der Waals surface area (Å²) in [5, 5.41) is 0. The first-order valence-electron chi connectivity index (χ1n) is 4.40. The Morgan fingerprint density at radius 3 is 1.69 bits per heavy atom. The van der Waals surface area contributed by atoms with Crippen LogP contribution in [0.15, 0.2) is 31.5 Å². The quantitative estimate of drug-likeness (QED) is 0.649. The molecule has 0 N–H and O–H groups in total. The lowest BCUT2D eigenvalue weighted by Crippen LogP contribution is -1.75. The highest BCUT2D eigenvalue weighted by atomic mass is 32.2. The van der Waals surface area contributed by atoms with Gasteiger partial charge in [0.15, 0.2) is 0 Å². The van der Waals surface area contributed by atoms with Crippen molar-refractivity contribution in [2.45, 2.75) is 22.3 Å². The molecule has 0 fully saturated rings. The second-order valence-corrected chi connectivity index (χ2v) is 10.9. The zero-order valence-corrected chi connectivity index (χ0v) is 13.3. The van der Waals surface area contributed by atoms with Crippen LogP contribution in [0.5, 0.6) is 0 Å². The number of fused-ring (bicyclic) bond motifs is 1. The Morgan fingerprint density at radius 2 is 1.19 bits per heavy atom. The van der Waals surface area contributed by atoms with E-state index in [-0.39, 0.29) is 4.06 Å². The third-order valence-corrected chi connectivity index (χ3v) is 10.4. The van der Waals surface area contributed by atoms with Gasteiger partial charge in [-0.25, -0.2) is 0 Å². The highest BCUT2D eigenvalue weighted by molar-refractivity contribution is 8.33. The van der Waals surface area contributed by atoms with Gasteiger partial charge in [-0.1, -0.05) is 69.7 Å². The van der Waals surface area contributed by atoms with Gasteiger partial charge >= 0.3 is 0 Å². The molecule has 0 aliphatic carbocycles. The first-order valence-corrected chi connectivity index (χ1v) is 9.30. The van der Waals surface area contributed by atoms with Crippen molar-refractivity contribution >= 4 is 69.7 Å². The van der Waals surface area contributed by atoms with E-state index >= 15 is 0 Å². The fourth-order valence-corrected chi connectivity index (χ4v) is 9.75. The summed E-state index contributed by atoms with van der Waals surface area (Å²) in [6.07, 6.45) is 0. The second kappa shape index (κ2) is 4.44. The Kier molecular flexibility index (Phi) is 3.27. The zero-order chi connectivity index (χ0) is 11.3. The van der Waals surface area contributed by atoms with Gasteiger partial charge in [0.1, 0.15) is 0 Å². The van der Waals surface area contributed by atoms with Crippen molar-refractivity contribution in [1.29, 1.82) is 0 Å². The maximum Gasteiger partial charge on any atom is 0.289 e. The third-order valence-electron chi connectivity index (χ3n) is 2.04. The Hall–Kier alpha value is 0.730. The van der Waals surface area contributed by atoms with E-state index in [1.54, 1.807) is 23.5 Å². The molecule has 1 aromatic rings. The first-order chi connectivity index (χ1) is 7.63. The smallest absolute Gasteiger partial charge is 0.265 e. The average molecular weight is 323 g/mol. The van der Waals surface area contributed by atoms with E-state index in [0.717, 1.165) is 0 Å². The van der Waals surface area contributed by atoms with E-state index in [1.807, 2.05) is 23.5 Å². The summed E-state index contributed by atoms with van der Waals surface area (Å²) in [6.45, 7) is 4.33. The van der Waals surface area contributed by atoms with Gasteiger partial charge in [0.2, 0.25) is 0 Å². The van der Waals surface area contributed by atoms with Gasteiger partial charge in [-0.2, -0.15) is 0 Å². The minimum atomic E-state index is 0.214. The molecule has 3 heterocycles. The van der Waals surface area contributed by atoms with Gasteiger partial charge in [-0.3, -0.25) is 4.79 Å². The van der Waals surface area contributed by atoms with Gasteiger partial charge in [0.05, 0.1) is 16.9 Å². The second-order valence-electron chi connectivity index (χ2n) is 3.12. The highest BCUT2D eigenvalue weighted by Gasteiger charge is 2.27. The fourth-order valence-electron chi connectivity index (χ4n) is 1.18. The maximum absolute atomic E-state index is 11.2. The van der Waals surface area contributed by atoms with E-state index in [4.69, 9.17) is 0 Å². The summed E-state index contributed by atoms with van der Waals surface area (Å²) in [6, 6.07) is 0. The van der Waals surface area contributed by atoms with Crippen molar-refractivity contribution in [2.24, 2.45) is 0 Å². The van der Waals surface area contributed by atoms with Crippen LogP contribution in [0.4, 0.5) is 0 Å². The van der Waals surface area contributed by atoms with Gasteiger partial charge < -0.3 is 0 Å². The number of hydrogen-bond acceptors (Lipinski definition) is 7. The Bertz CT molecular complexity index is 531. The minimum absolute atomic E-state index is 0.214. The summed E-state index contributed by atoms with van der Waals surface area (Å²) in [7, 11) is 0. The Balaban J connectivity index is 1.90. The third kappa shape index (κ3) is 2.06. The number of rotatable bonds is 0. The van der Waals surface area contributed by atoms with Crippen molar-refractivity contribution < 1.29 is 0 Å². The zero-order valence-electron chi connectivity index (χ0n) is 8.36. The van der Waals surface area contributed by atoms with E-state index in [1.165, 1.54) is 49.4 Å². The molecule has 0 unspecified atom stereocenters. The molecule has 1 aromatic heterocycles. The Labute approximate surface area is 118 Å². The molecule has 7 heteroatoms. The molecule has 84 valence electrons. The van der Waals surface area contributed by atoms with Crippen LogP contribution in [0.3, 0.4) is 0 Å². The van der Waals surface area contributed by atoms with Gasteiger partial charge in [-0.15, -0.1) is 0 Å². The molecule has 0 radical (unpaired) electrons. The molecule has 0 atom stereocenters. The van der Waals surface area contributed by atoms with Crippen molar-refractivity contribution in [3.63, 3.8) is 0 Å². The van der Waals surface area contributed by atoms with Crippen LogP contribution in [0.1, 0.15) is 13.8 Å². The lowest BCUT2D eigenvalue weighted by Gasteiger charge is -1.99. The molecule has 0 saturated heterocycles. The molecule has 0 spiro atoms. The topological polar surface area (TPSA) is 17.1 Å². The van der Waals surface area contributed by atoms with Crippen LogP contribution in [-0.2, 0) is 0 Å². The van der Waals surface area contributed by atoms with E-state index in [2.05, 4.69) is 13.8 Å². The molecule has 0 amide bonds. The van der Waals surface area contributed by atoms with Crippen LogP contribution < -0.4 is 4.06 Å². The van der Waals surface area contributed by atoms with Gasteiger partial charge in [-0.05, 0) is 23.7 Å². The van der Waals surface area contributed by atoms with Crippen molar-refractivity contribution in [3.05, 3.63) is 27.1 Å². The average Bonchev–Trinajstić information content (AvgIpc) is 2.80. The van der Waals surface area contributed by atoms with Crippen LogP contribution in [0.25, 0.3) is 0 Å². The number of hydrogen-bond donors (Lipinski definition) is 0. The monoisotopic (exact) mass is 322 g/mol. The van der Waals surface area contributed by atoms with Gasteiger partial charge in [0.25, 0.3) is 4.06 Å². The van der Waals surface area contributed by atoms with Crippen LogP contribution in [0.2, 0.25) is 0 Å². The van der Waals surface area contributed by atoms with Crippen molar-refractivity contribution in [1.82, 2.24) is 0 Å². The summed E-state index contributed by atoms with van der Waals surface area (Å²) < 4.78 is 5.32. The van der Waals surface area contributed by atoms with Crippen LogP contribution in [0, 0.1) is 0 Å². The number of thioether (sulfide) groups is 4. The predicted molar refractivity (Wildman–Crippen MR) is 80.8 cm³/mol. The van der Waals surface area contributed by atoms with E-state index < -0.39 is 0 Å². The molecule has 0 bridgehead atoms. The van der Waals surface area contributed by atoms with Crippen molar-refractivity contribution in [2.75, 3.05) is 0 Å². The van der Waals surface area contributed by atoms with Crippen molar-refractivity contribution in [3.8, 4) is 0 Å². The largest absolute Gasteiger partial charge is 0.289 e. The summed E-state index contributed by atoms with van der Waals surface area (Å²) >= 11 is 10.0. The SMILES string of the molecule is CC1=C(C)SC(=C2Sc3sc(=O)sc3S2)S1. The minimum Gasteiger partial charge on any atom is -0.265 e. The summed E-state index contributed by atoms with van der Waals surface area (Å²) in [5.74, 6) is 0. The molecule has 0 aromatic carbocycles. The molecule has 16 heavy (non-hydrogen) atoms. The normalized spacial score (nSPS) is 19.9. The summed E-state index contributed by atoms with van der Waals surface area (Å²) in [5.41, 5.74) is 0. The fraction of sp³-hybridized carbons (Fsp3) is 0.222. The first kappa shape index (κ1) is 11.8. The molecule has 2 aliphatic heterocycles. The Morgan fingerprint density at radius 1 is 0.750 bits per heavy atom. The molecule has 1 nitrogen and oxygen atoms in total. The molecule has 3 rings (SSSR count). The standard InChI is InChI=1S/C9H6OS6/c1-3-4(2)12-5(11-3)6-13-7-8(14-6)16-9(10)15-7/h1-2H3. The number of allylic oxidation sites excluding steroid dienone is 2. The highest BCUT2D eigenvalue weighted by Crippen LogP contribution is 2.61. The van der Waals surface area contributed by atoms with Crippen LogP contribution >= 0.6 is 69.7 Å². The summed E-state index contributed by atoms with van der Waals surface area (Å²) in [4.78, 5) is 14.0. The molecule has 0 saturated carbocycles. The molecular formula is C9H6OS6.